The molecule has 1 aromatic rings. The van der Waals surface area contributed by atoms with Gasteiger partial charge in [0.05, 0.1) is 18.7 Å². The topological polar surface area (TPSA) is 124 Å². The minimum Gasteiger partial charge on any atom is -0.390 e. The van der Waals surface area contributed by atoms with Crippen molar-refractivity contribution in [1.29, 1.82) is 0 Å². The number of nitrogens with zero attached hydrogens (tertiary/aromatic N) is 2. The highest BCUT2D eigenvalue weighted by Gasteiger charge is 2.38. The molecule has 0 spiro atoms. The van der Waals surface area contributed by atoms with Crippen LogP contribution in [-0.4, -0.2) is 69.1 Å². The summed E-state index contributed by atoms with van der Waals surface area (Å²) in [5.41, 5.74) is 6.29. The van der Waals surface area contributed by atoms with E-state index in [1.807, 2.05) is 44.2 Å². The fraction of sp³-hybridized carbons (Fsp3) is 0.710. The number of nitrogens with two attached hydrogens (primary N) is 1. The lowest BCUT2D eigenvalue weighted by Gasteiger charge is -2.40. The first kappa shape index (κ1) is 31.1. The molecule has 0 saturated heterocycles. The van der Waals surface area contributed by atoms with Gasteiger partial charge in [-0.15, -0.1) is 0 Å². The van der Waals surface area contributed by atoms with Crippen molar-refractivity contribution >= 4 is 17.7 Å². The van der Waals surface area contributed by atoms with E-state index in [0.717, 1.165) is 44.1 Å². The molecule has 0 heterocycles. The summed E-state index contributed by atoms with van der Waals surface area (Å²) in [4.78, 5) is 41.7. The van der Waals surface area contributed by atoms with E-state index in [1.165, 1.54) is 11.3 Å². The average molecular weight is 544 g/mol. The molecule has 0 bridgehead atoms. The third kappa shape index (κ3) is 10.6. The van der Waals surface area contributed by atoms with E-state index < -0.39 is 24.2 Å². The zero-order chi connectivity index (χ0) is 28.4. The number of benzene rings is 1. The molecule has 0 aromatic heterocycles. The zero-order valence-electron chi connectivity index (χ0n) is 23.8. The molecule has 0 radical (unpaired) electrons. The number of primary amides is 1. The highest BCUT2D eigenvalue weighted by Crippen LogP contribution is 2.35. The molecule has 39 heavy (non-hydrogen) atoms. The summed E-state index contributed by atoms with van der Waals surface area (Å²) in [6.45, 7) is 4.60. The minimum atomic E-state index is -1.03. The van der Waals surface area contributed by atoms with E-state index in [9.17, 15) is 24.6 Å². The number of hydrogen-bond donors (Lipinski definition) is 3. The van der Waals surface area contributed by atoms with Crippen molar-refractivity contribution in [2.75, 3.05) is 13.1 Å². The summed E-state index contributed by atoms with van der Waals surface area (Å²) >= 11 is 0. The Morgan fingerprint density at radius 2 is 1.56 bits per heavy atom. The second-order valence-electron chi connectivity index (χ2n) is 12.2. The molecule has 2 saturated carbocycles. The number of hydrogen-bond acceptors (Lipinski definition) is 5. The Bertz CT molecular complexity index is 914. The maximum absolute atomic E-state index is 13.7. The van der Waals surface area contributed by atoms with Crippen LogP contribution in [0.15, 0.2) is 30.3 Å². The van der Waals surface area contributed by atoms with Crippen molar-refractivity contribution in [2.45, 2.75) is 109 Å². The normalized spacial score (nSPS) is 18.4. The maximum Gasteiger partial charge on any atom is 0.237 e. The summed E-state index contributed by atoms with van der Waals surface area (Å²) in [5.74, 6) is -0.0471. The van der Waals surface area contributed by atoms with Gasteiger partial charge in [0, 0.05) is 25.9 Å². The van der Waals surface area contributed by atoms with E-state index in [0.29, 0.717) is 31.2 Å². The van der Waals surface area contributed by atoms with Crippen LogP contribution in [0.4, 0.5) is 0 Å². The van der Waals surface area contributed by atoms with Crippen LogP contribution in [0.2, 0.25) is 0 Å². The first-order valence-electron chi connectivity index (χ1n) is 14.9. The number of aliphatic hydroxyl groups is 2. The fourth-order valence-electron chi connectivity index (χ4n) is 5.83. The third-order valence-electron chi connectivity index (χ3n) is 8.14. The lowest BCUT2D eigenvalue weighted by molar-refractivity contribution is -0.143. The zero-order valence-corrected chi connectivity index (χ0v) is 23.8. The molecule has 2 aliphatic carbocycles. The van der Waals surface area contributed by atoms with Gasteiger partial charge in [0.15, 0.2) is 0 Å². The van der Waals surface area contributed by atoms with Crippen molar-refractivity contribution in [3.63, 3.8) is 0 Å². The quantitative estimate of drug-likeness (QED) is 0.294. The summed E-state index contributed by atoms with van der Waals surface area (Å²) in [7, 11) is 0. The van der Waals surface area contributed by atoms with Crippen molar-refractivity contribution in [2.24, 2.45) is 23.5 Å². The van der Waals surface area contributed by atoms with Gasteiger partial charge in [0.25, 0.3) is 0 Å². The van der Waals surface area contributed by atoms with Gasteiger partial charge in [0.1, 0.15) is 6.10 Å². The van der Waals surface area contributed by atoms with E-state index in [4.69, 9.17) is 5.73 Å². The van der Waals surface area contributed by atoms with Crippen LogP contribution in [-0.2, 0) is 20.9 Å². The smallest absolute Gasteiger partial charge is 0.237 e. The lowest BCUT2D eigenvalue weighted by Crippen LogP contribution is -2.53. The molecule has 8 nitrogen and oxygen atoms in total. The van der Waals surface area contributed by atoms with E-state index in [-0.39, 0.29) is 43.7 Å². The Morgan fingerprint density at radius 1 is 0.923 bits per heavy atom. The van der Waals surface area contributed by atoms with Crippen LogP contribution in [0, 0.1) is 17.8 Å². The predicted octanol–water partition coefficient (Wildman–Crippen LogP) is 3.63. The van der Waals surface area contributed by atoms with Crippen LogP contribution in [0.25, 0.3) is 0 Å². The van der Waals surface area contributed by atoms with Gasteiger partial charge in [-0.3, -0.25) is 14.4 Å². The first-order valence-corrected chi connectivity index (χ1v) is 14.9. The van der Waals surface area contributed by atoms with Crippen molar-refractivity contribution in [3.05, 3.63) is 35.9 Å². The van der Waals surface area contributed by atoms with Crippen molar-refractivity contribution in [1.82, 2.24) is 9.80 Å². The number of carbonyl (C=O) groups excluding carboxylic acids is 3. The standard InChI is InChI=1S/C31H49N3O5/c1-22(2)17-27(35)31(39)26(18-23-9-5-3-6-10-23)34(20-25-13-14-25)30(38)16-15-29(37)33(21-28(32)36)19-24-11-7-4-8-12-24/h4,7-8,11-12,22-23,25-27,31,35,39H,3,5-6,9-10,13-21H2,1-2H3,(H2,32,36)/t26-,27-,31+/m0/s1. The summed E-state index contributed by atoms with van der Waals surface area (Å²) in [5, 5.41) is 22.3. The average Bonchev–Trinajstić information content (AvgIpc) is 3.73. The Morgan fingerprint density at radius 3 is 2.15 bits per heavy atom. The highest BCUT2D eigenvalue weighted by molar-refractivity contribution is 5.87. The van der Waals surface area contributed by atoms with Crippen LogP contribution in [0.1, 0.15) is 90.0 Å². The van der Waals surface area contributed by atoms with Crippen LogP contribution in [0.5, 0.6) is 0 Å². The summed E-state index contributed by atoms with van der Waals surface area (Å²) in [6, 6.07) is 8.90. The van der Waals surface area contributed by atoms with Crippen LogP contribution in [0.3, 0.4) is 0 Å². The van der Waals surface area contributed by atoms with E-state index in [1.54, 1.807) is 4.90 Å². The van der Waals surface area contributed by atoms with Gasteiger partial charge in [0.2, 0.25) is 17.7 Å². The van der Waals surface area contributed by atoms with Crippen molar-refractivity contribution in [3.8, 4) is 0 Å². The molecular formula is C31H49N3O5. The molecule has 0 aliphatic heterocycles. The molecule has 2 fully saturated rings. The van der Waals surface area contributed by atoms with Gasteiger partial charge in [-0.1, -0.05) is 76.3 Å². The van der Waals surface area contributed by atoms with Gasteiger partial charge < -0.3 is 25.7 Å². The summed E-state index contributed by atoms with van der Waals surface area (Å²) in [6.07, 6.45) is 6.93. The molecule has 3 atom stereocenters. The van der Waals surface area contributed by atoms with Crippen molar-refractivity contribution < 1.29 is 24.6 Å². The van der Waals surface area contributed by atoms with Gasteiger partial charge in [-0.25, -0.2) is 0 Å². The summed E-state index contributed by atoms with van der Waals surface area (Å²) < 4.78 is 0. The fourth-order valence-corrected chi connectivity index (χ4v) is 5.83. The largest absolute Gasteiger partial charge is 0.390 e. The highest BCUT2D eigenvalue weighted by atomic mass is 16.3. The van der Waals surface area contributed by atoms with Gasteiger partial charge >= 0.3 is 0 Å². The Labute approximate surface area is 233 Å². The second kappa shape index (κ2) is 15.4. The Hall–Kier alpha value is -2.45. The Kier molecular flexibility index (Phi) is 12.2. The van der Waals surface area contributed by atoms with Crippen LogP contribution >= 0.6 is 0 Å². The number of amides is 3. The van der Waals surface area contributed by atoms with E-state index in [2.05, 4.69) is 0 Å². The number of aliphatic hydroxyl groups excluding tert-OH is 2. The Balaban J connectivity index is 1.73. The molecule has 8 heteroatoms. The molecule has 4 N–H and O–H groups in total. The van der Waals surface area contributed by atoms with Gasteiger partial charge in [-0.05, 0) is 49.0 Å². The monoisotopic (exact) mass is 543 g/mol. The number of rotatable bonds is 16. The SMILES string of the molecule is CC(C)C[C@H](O)[C@H](O)[C@H](CC1CCCCC1)N(CC1CC1)C(=O)CCC(=O)N(CC(N)=O)Cc1ccccc1. The molecule has 3 rings (SSSR count). The third-order valence-corrected chi connectivity index (χ3v) is 8.14. The molecule has 3 amide bonds. The molecular weight excluding hydrogens is 494 g/mol. The minimum absolute atomic E-state index is 0.0102. The molecule has 218 valence electrons. The maximum atomic E-state index is 13.7. The van der Waals surface area contributed by atoms with Gasteiger partial charge in [-0.2, -0.15) is 0 Å². The number of carbonyl (C=O) groups is 3. The molecule has 1 aromatic carbocycles. The second-order valence-corrected chi connectivity index (χ2v) is 12.2. The first-order chi connectivity index (χ1) is 18.6. The lowest BCUT2D eigenvalue weighted by atomic mass is 9.81. The molecule has 0 unspecified atom stereocenters. The van der Waals surface area contributed by atoms with Crippen LogP contribution < -0.4 is 5.73 Å². The molecule has 2 aliphatic rings. The predicted molar refractivity (Wildman–Crippen MR) is 151 cm³/mol. The van der Waals surface area contributed by atoms with E-state index >= 15 is 0 Å².